The van der Waals surface area contributed by atoms with E-state index in [0.29, 0.717) is 41.5 Å². The minimum atomic E-state index is -1.36. The number of pyridine rings is 2. The van der Waals surface area contributed by atoms with Gasteiger partial charge in [-0.2, -0.15) is 5.16 Å². The fraction of sp³-hybridized carbons (Fsp3) is 0.409. The normalized spacial score (nSPS) is 24.0. The Morgan fingerprint density at radius 3 is 2.72 bits per heavy atom. The number of nitrogens with one attached hydrogen (secondary N) is 1. The molecule has 3 heterocycles. The lowest BCUT2D eigenvalue weighted by atomic mass is 9.74. The van der Waals surface area contributed by atoms with Crippen molar-refractivity contribution in [2.75, 3.05) is 0 Å². The number of rotatable bonds is 6. The van der Waals surface area contributed by atoms with Crippen LogP contribution >= 0.6 is 0 Å². The number of halogens is 1. The average Bonchev–Trinajstić information content (AvgIpc) is 3.10. The Bertz CT molecular complexity index is 1050. The number of ether oxygens (including phenoxy) is 1. The molecule has 0 aromatic carbocycles. The van der Waals surface area contributed by atoms with Crippen molar-refractivity contribution < 1.29 is 13.7 Å². The summed E-state index contributed by atoms with van der Waals surface area (Å²) in [4.78, 5) is 19.8. The van der Waals surface area contributed by atoms with E-state index in [1.807, 2.05) is 6.07 Å². The smallest absolute Gasteiger partial charge is 0.280 e. The van der Waals surface area contributed by atoms with Crippen LogP contribution in [0.25, 0.3) is 11.3 Å². The number of alkyl halides is 1. The summed E-state index contributed by atoms with van der Waals surface area (Å²) in [6.07, 6.45) is 8.43. The van der Waals surface area contributed by atoms with Crippen molar-refractivity contribution in [3.8, 4) is 17.2 Å². The van der Waals surface area contributed by atoms with E-state index < -0.39 is 5.67 Å². The Morgan fingerprint density at radius 2 is 2.07 bits per heavy atom. The van der Waals surface area contributed by atoms with Crippen molar-refractivity contribution in [2.24, 2.45) is 5.92 Å². The van der Waals surface area contributed by atoms with Crippen molar-refractivity contribution in [1.82, 2.24) is 15.1 Å². The van der Waals surface area contributed by atoms with Gasteiger partial charge in [0, 0.05) is 42.6 Å². The average molecular weight is 395 g/mol. The minimum Gasteiger partial charge on any atom is -0.474 e. The lowest BCUT2D eigenvalue weighted by Crippen LogP contribution is -2.44. The Kier molecular flexibility index (Phi) is 4.45. The first-order chi connectivity index (χ1) is 14.1. The van der Waals surface area contributed by atoms with Crippen molar-refractivity contribution in [1.29, 1.82) is 0 Å². The monoisotopic (exact) mass is 395 g/mol. The summed E-state index contributed by atoms with van der Waals surface area (Å²) >= 11 is 0. The highest BCUT2D eigenvalue weighted by atomic mass is 19.1. The molecule has 0 atom stereocenters. The molecule has 2 aliphatic carbocycles. The van der Waals surface area contributed by atoms with Gasteiger partial charge in [-0.1, -0.05) is 19.3 Å². The summed E-state index contributed by atoms with van der Waals surface area (Å²) in [6, 6.07) is 8.51. The third-order valence-electron chi connectivity index (χ3n) is 5.99. The SMILES string of the molecule is O=c1cc(-c2ccc(OC3CC(F)(c4ccnc(CC5CCC5)c4)C3)nc2)o[nH]1. The van der Waals surface area contributed by atoms with E-state index in [9.17, 15) is 4.79 Å². The van der Waals surface area contributed by atoms with Crippen LogP contribution in [0.4, 0.5) is 4.39 Å². The van der Waals surface area contributed by atoms with Crippen molar-refractivity contribution in [3.63, 3.8) is 0 Å². The molecule has 0 aliphatic heterocycles. The number of hydrogen-bond donors (Lipinski definition) is 1. The number of aromatic amines is 1. The summed E-state index contributed by atoms with van der Waals surface area (Å²) in [5.41, 5.74) is 0.687. The molecule has 1 N–H and O–H groups in total. The van der Waals surface area contributed by atoms with Gasteiger partial charge in [0.05, 0.1) is 6.07 Å². The second-order valence-electron chi connectivity index (χ2n) is 8.11. The molecule has 6 nitrogen and oxygen atoms in total. The Balaban J connectivity index is 1.20. The third kappa shape index (κ3) is 3.69. The largest absolute Gasteiger partial charge is 0.474 e. The molecule has 3 aromatic heterocycles. The summed E-state index contributed by atoms with van der Waals surface area (Å²) < 4.78 is 26.2. The van der Waals surface area contributed by atoms with Gasteiger partial charge in [-0.25, -0.2) is 9.37 Å². The highest BCUT2D eigenvalue weighted by Crippen LogP contribution is 2.47. The Hall–Kier alpha value is -2.96. The van der Waals surface area contributed by atoms with Gasteiger partial charge in [-0.05, 0) is 36.1 Å². The van der Waals surface area contributed by atoms with Crippen LogP contribution in [-0.4, -0.2) is 21.2 Å². The molecule has 2 fully saturated rings. The molecule has 2 saturated carbocycles. The molecule has 0 spiro atoms. The number of nitrogens with zero attached hydrogens (tertiary/aromatic N) is 2. The predicted molar refractivity (Wildman–Crippen MR) is 104 cm³/mol. The first-order valence-electron chi connectivity index (χ1n) is 10.0. The maximum Gasteiger partial charge on any atom is 0.280 e. The first-order valence-corrected chi connectivity index (χ1v) is 10.0. The fourth-order valence-electron chi connectivity index (χ4n) is 4.03. The molecule has 0 radical (unpaired) electrons. The number of aromatic nitrogens is 3. The van der Waals surface area contributed by atoms with Gasteiger partial charge in [0.2, 0.25) is 5.88 Å². The van der Waals surface area contributed by atoms with Crippen LogP contribution in [0.15, 0.2) is 52.0 Å². The molecule has 5 rings (SSSR count). The number of hydrogen-bond acceptors (Lipinski definition) is 5. The van der Waals surface area contributed by atoms with Gasteiger partial charge in [0.1, 0.15) is 11.8 Å². The molecular weight excluding hydrogens is 373 g/mol. The molecule has 2 aliphatic rings. The van der Waals surface area contributed by atoms with Gasteiger partial charge in [0.25, 0.3) is 5.56 Å². The Morgan fingerprint density at radius 1 is 1.21 bits per heavy atom. The first kappa shape index (κ1) is 18.1. The Labute approximate surface area is 167 Å². The zero-order chi connectivity index (χ0) is 19.8. The van der Waals surface area contributed by atoms with E-state index in [-0.39, 0.29) is 11.7 Å². The summed E-state index contributed by atoms with van der Waals surface area (Å²) in [5, 5.41) is 2.24. The molecule has 7 heteroatoms. The fourth-order valence-corrected chi connectivity index (χ4v) is 4.03. The maximum atomic E-state index is 15.3. The topological polar surface area (TPSA) is 81.0 Å². The van der Waals surface area contributed by atoms with Gasteiger partial charge >= 0.3 is 0 Å². The van der Waals surface area contributed by atoms with Gasteiger partial charge < -0.3 is 9.26 Å². The highest BCUT2D eigenvalue weighted by Gasteiger charge is 2.48. The van der Waals surface area contributed by atoms with Crippen LogP contribution in [0.3, 0.4) is 0 Å². The molecule has 0 saturated heterocycles. The molecule has 150 valence electrons. The second-order valence-corrected chi connectivity index (χ2v) is 8.11. The van der Waals surface area contributed by atoms with Gasteiger partial charge in [0.15, 0.2) is 5.76 Å². The van der Waals surface area contributed by atoms with Crippen LogP contribution < -0.4 is 10.3 Å². The van der Waals surface area contributed by atoms with Crippen LogP contribution in [0, 0.1) is 5.92 Å². The van der Waals surface area contributed by atoms with Crippen LogP contribution in [0.1, 0.15) is 43.4 Å². The highest BCUT2D eigenvalue weighted by molar-refractivity contribution is 5.55. The predicted octanol–water partition coefficient (Wildman–Crippen LogP) is 4.17. The van der Waals surface area contributed by atoms with Crippen LogP contribution in [-0.2, 0) is 12.1 Å². The summed E-state index contributed by atoms with van der Waals surface area (Å²) in [6.45, 7) is 0. The van der Waals surface area contributed by atoms with Crippen molar-refractivity contribution >= 4 is 0 Å². The minimum absolute atomic E-state index is 0.216. The molecule has 0 unspecified atom stereocenters. The third-order valence-corrected chi connectivity index (χ3v) is 5.99. The lowest BCUT2D eigenvalue weighted by molar-refractivity contribution is -0.0487. The van der Waals surface area contributed by atoms with Gasteiger partial charge in [-0.15, -0.1) is 0 Å². The molecule has 0 bridgehead atoms. The van der Waals surface area contributed by atoms with E-state index in [1.54, 1.807) is 30.6 Å². The molecular formula is C22H22FN3O3. The van der Waals surface area contributed by atoms with E-state index in [0.717, 1.165) is 12.1 Å². The van der Waals surface area contributed by atoms with E-state index in [4.69, 9.17) is 9.26 Å². The summed E-state index contributed by atoms with van der Waals surface area (Å²) in [7, 11) is 0. The quantitative estimate of drug-likeness (QED) is 0.677. The molecule has 0 amide bonds. The van der Waals surface area contributed by atoms with E-state index in [1.165, 1.54) is 25.3 Å². The standard InChI is InChI=1S/C22H22FN3O3/c23-22(16-6-7-24-17(9-16)8-14-2-1-3-14)11-18(12-22)28-21-5-4-15(13-25-21)19-10-20(27)26-29-19/h4-7,9-10,13-14,18H,1-3,8,11-12H2,(H,26,27). The maximum absolute atomic E-state index is 15.3. The van der Waals surface area contributed by atoms with E-state index >= 15 is 4.39 Å². The van der Waals surface area contributed by atoms with E-state index in [2.05, 4.69) is 15.1 Å². The van der Waals surface area contributed by atoms with Crippen LogP contribution in [0.5, 0.6) is 5.88 Å². The zero-order valence-corrected chi connectivity index (χ0v) is 15.9. The molecule has 29 heavy (non-hydrogen) atoms. The van der Waals surface area contributed by atoms with Crippen molar-refractivity contribution in [3.05, 3.63) is 64.3 Å². The lowest BCUT2D eigenvalue weighted by Gasteiger charge is -2.41. The molecule has 3 aromatic rings. The van der Waals surface area contributed by atoms with Crippen molar-refractivity contribution in [2.45, 2.75) is 50.3 Å². The summed E-state index contributed by atoms with van der Waals surface area (Å²) in [5.74, 6) is 1.55. The second kappa shape index (κ2) is 7.13. The zero-order valence-electron chi connectivity index (χ0n) is 15.9. The van der Waals surface area contributed by atoms with Gasteiger partial charge in [-0.3, -0.25) is 9.78 Å². The van der Waals surface area contributed by atoms with Crippen LogP contribution in [0.2, 0.25) is 0 Å². The number of H-pyrrole nitrogens is 1.